The summed E-state index contributed by atoms with van der Waals surface area (Å²) in [5.41, 5.74) is 4.60. The minimum Gasteiger partial charge on any atom is -0.861 e. The van der Waals surface area contributed by atoms with Gasteiger partial charge in [-0.15, -0.1) is 0 Å². The first kappa shape index (κ1) is 4.34. The molecule has 0 fully saturated rings. The van der Waals surface area contributed by atoms with E-state index in [0.29, 0.717) is 0 Å². The van der Waals surface area contributed by atoms with Gasteiger partial charge in [0.25, 0.3) is 0 Å². The lowest BCUT2D eigenvalue weighted by molar-refractivity contribution is -0.304. The molecule has 0 aromatic rings. The van der Waals surface area contributed by atoms with Gasteiger partial charge < -0.3 is 10.8 Å². The third kappa shape index (κ3) is 3.34. The Morgan fingerprint density at radius 1 is 2.00 bits per heavy atom. The van der Waals surface area contributed by atoms with Crippen LogP contribution in [0.5, 0.6) is 0 Å². The van der Waals surface area contributed by atoms with Gasteiger partial charge in [0, 0.05) is 0 Å². The Hall–Kier alpha value is -0.660. The molecule has 0 spiro atoms. The standard InChI is InChI=1S/C3H7NO/c1-2-3(4)5/h2,5H,4H2,1H3/p-1/b3-2-. The van der Waals surface area contributed by atoms with E-state index in [-0.39, 0.29) is 5.88 Å². The van der Waals surface area contributed by atoms with Crippen molar-refractivity contribution < 1.29 is 5.11 Å². The number of nitrogens with two attached hydrogens (primary N) is 1. The topological polar surface area (TPSA) is 49.1 Å². The van der Waals surface area contributed by atoms with E-state index in [4.69, 9.17) is 0 Å². The SMILES string of the molecule is C/C=C(/N)[O-]. The summed E-state index contributed by atoms with van der Waals surface area (Å²) in [7, 11) is 0. The molecular weight excluding hydrogens is 66.0 g/mol. The van der Waals surface area contributed by atoms with Gasteiger partial charge in [0.1, 0.15) is 0 Å². The lowest BCUT2D eigenvalue weighted by atomic mass is 10.7. The highest BCUT2D eigenvalue weighted by Gasteiger charge is 1.47. The van der Waals surface area contributed by atoms with E-state index in [1.807, 2.05) is 0 Å². The highest BCUT2D eigenvalue weighted by molar-refractivity contribution is 4.75. The molecule has 0 amide bonds. The van der Waals surface area contributed by atoms with Gasteiger partial charge in [0.15, 0.2) is 0 Å². The van der Waals surface area contributed by atoms with Crippen molar-refractivity contribution in [3.63, 3.8) is 0 Å². The third-order valence-electron chi connectivity index (χ3n) is 0.285. The lowest BCUT2D eigenvalue weighted by Gasteiger charge is -1.97. The summed E-state index contributed by atoms with van der Waals surface area (Å²) < 4.78 is 0. The largest absolute Gasteiger partial charge is 0.861 e. The van der Waals surface area contributed by atoms with E-state index in [0.717, 1.165) is 0 Å². The van der Waals surface area contributed by atoms with E-state index >= 15 is 0 Å². The number of rotatable bonds is 0. The quantitative estimate of drug-likeness (QED) is 0.379. The van der Waals surface area contributed by atoms with Crippen LogP contribution in [0.3, 0.4) is 0 Å². The fourth-order valence-electron chi connectivity index (χ4n) is 0. The predicted octanol–water partition coefficient (Wildman–Crippen LogP) is -0.833. The second kappa shape index (κ2) is 1.64. The molecule has 0 aliphatic heterocycles. The molecule has 2 heteroatoms. The van der Waals surface area contributed by atoms with Crippen molar-refractivity contribution in [2.75, 3.05) is 0 Å². The van der Waals surface area contributed by atoms with Crippen LogP contribution in [0.4, 0.5) is 0 Å². The van der Waals surface area contributed by atoms with Gasteiger partial charge in [0.2, 0.25) is 0 Å². The van der Waals surface area contributed by atoms with Crippen LogP contribution in [0.25, 0.3) is 0 Å². The minimum atomic E-state index is -0.370. The molecule has 0 aromatic heterocycles. The maximum absolute atomic E-state index is 9.53. The Labute approximate surface area is 30.9 Å². The predicted molar refractivity (Wildman–Crippen MR) is 17.9 cm³/mol. The summed E-state index contributed by atoms with van der Waals surface area (Å²) in [4.78, 5) is 0. The Bertz CT molecular complexity index is 44.9. The Morgan fingerprint density at radius 3 is 2.20 bits per heavy atom. The third-order valence-corrected chi connectivity index (χ3v) is 0.285. The molecule has 2 N–H and O–H groups in total. The van der Waals surface area contributed by atoms with Crippen LogP contribution in [-0.4, -0.2) is 0 Å². The molecule has 0 aromatic carbocycles. The molecule has 0 aliphatic rings. The second-order valence-electron chi connectivity index (χ2n) is 0.691. The van der Waals surface area contributed by atoms with Crippen molar-refractivity contribution in [2.45, 2.75) is 6.92 Å². The summed E-state index contributed by atoms with van der Waals surface area (Å²) in [6.45, 7) is 1.60. The zero-order valence-corrected chi connectivity index (χ0v) is 3.06. The molecule has 0 unspecified atom stereocenters. The number of allylic oxidation sites excluding steroid dienone is 1. The molecule has 0 bridgehead atoms. The summed E-state index contributed by atoms with van der Waals surface area (Å²) >= 11 is 0. The Morgan fingerprint density at radius 2 is 2.20 bits per heavy atom. The van der Waals surface area contributed by atoms with E-state index in [1.165, 1.54) is 6.08 Å². The monoisotopic (exact) mass is 72.0 g/mol. The first-order valence-corrected chi connectivity index (χ1v) is 1.36. The van der Waals surface area contributed by atoms with Gasteiger partial charge in [-0.25, -0.2) is 0 Å². The average Bonchev–Trinajstić information content (AvgIpc) is 1.38. The van der Waals surface area contributed by atoms with Crippen molar-refractivity contribution in [3.8, 4) is 0 Å². The van der Waals surface area contributed by atoms with Crippen LogP contribution in [-0.2, 0) is 0 Å². The van der Waals surface area contributed by atoms with Crippen LogP contribution in [0.1, 0.15) is 6.92 Å². The Kier molecular flexibility index (Phi) is 1.42. The minimum absolute atomic E-state index is 0.370. The van der Waals surface area contributed by atoms with Crippen molar-refractivity contribution in [1.29, 1.82) is 0 Å². The highest BCUT2D eigenvalue weighted by Crippen LogP contribution is 1.58. The second-order valence-corrected chi connectivity index (χ2v) is 0.691. The molecule has 0 saturated carbocycles. The van der Waals surface area contributed by atoms with Gasteiger partial charge in [-0.05, 0) is 6.92 Å². The van der Waals surface area contributed by atoms with E-state index in [1.54, 1.807) is 6.92 Å². The Balaban J connectivity index is 3.14. The summed E-state index contributed by atoms with van der Waals surface area (Å²) in [6.07, 6.45) is 1.31. The van der Waals surface area contributed by atoms with E-state index in [2.05, 4.69) is 5.73 Å². The van der Waals surface area contributed by atoms with Crippen molar-refractivity contribution in [3.05, 3.63) is 12.0 Å². The normalized spacial score (nSPS) is 11.8. The van der Waals surface area contributed by atoms with Crippen LogP contribution >= 0.6 is 0 Å². The van der Waals surface area contributed by atoms with Gasteiger partial charge in [-0.2, -0.15) is 0 Å². The molecule has 0 heterocycles. The van der Waals surface area contributed by atoms with E-state index in [9.17, 15) is 5.11 Å². The zero-order valence-electron chi connectivity index (χ0n) is 3.06. The molecular formula is C3H6NO-. The molecule has 0 rings (SSSR count). The fourth-order valence-corrected chi connectivity index (χ4v) is 0. The molecule has 5 heavy (non-hydrogen) atoms. The summed E-state index contributed by atoms with van der Waals surface area (Å²) in [5, 5.41) is 9.53. The van der Waals surface area contributed by atoms with Crippen LogP contribution < -0.4 is 10.8 Å². The number of hydrogen-bond acceptors (Lipinski definition) is 2. The summed E-state index contributed by atoms with van der Waals surface area (Å²) in [5.74, 6) is -0.370. The first-order valence-electron chi connectivity index (χ1n) is 1.36. The van der Waals surface area contributed by atoms with Gasteiger partial charge >= 0.3 is 0 Å². The highest BCUT2D eigenvalue weighted by atomic mass is 16.3. The van der Waals surface area contributed by atoms with Crippen LogP contribution in [0.2, 0.25) is 0 Å². The summed E-state index contributed by atoms with van der Waals surface area (Å²) in [6, 6.07) is 0. The molecule has 30 valence electrons. The number of hydrogen-bond donors (Lipinski definition) is 1. The van der Waals surface area contributed by atoms with Crippen LogP contribution in [0, 0.1) is 0 Å². The average molecular weight is 72.1 g/mol. The smallest absolute Gasteiger partial charge is 0.0459 e. The van der Waals surface area contributed by atoms with E-state index < -0.39 is 0 Å². The van der Waals surface area contributed by atoms with Crippen LogP contribution in [0.15, 0.2) is 12.0 Å². The van der Waals surface area contributed by atoms with Gasteiger partial charge in [-0.1, -0.05) is 12.0 Å². The zero-order chi connectivity index (χ0) is 4.28. The van der Waals surface area contributed by atoms with Crippen molar-refractivity contribution in [2.24, 2.45) is 5.73 Å². The van der Waals surface area contributed by atoms with Gasteiger partial charge in [-0.3, -0.25) is 0 Å². The molecule has 2 nitrogen and oxygen atoms in total. The molecule has 0 radical (unpaired) electrons. The maximum Gasteiger partial charge on any atom is -0.0459 e. The fraction of sp³-hybridized carbons (Fsp3) is 0.333. The first-order chi connectivity index (χ1) is 2.27. The van der Waals surface area contributed by atoms with Crippen molar-refractivity contribution >= 4 is 0 Å². The molecule has 0 aliphatic carbocycles. The lowest BCUT2D eigenvalue weighted by Crippen LogP contribution is -2.11. The molecule has 0 saturated heterocycles. The van der Waals surface area contributed by atoms with Gasteiger partial charge in [0.05, 0.1) is 0 Å². The molecule has 0 atom stereocenters. The van der Waals surface area contributed by atoms with Crippen molar-refractivity contribution in [1.82, 2.24) is 0 Å². The maximum atomic E-state index is 9.53.